The van der Waals surface area contributed by atoms with Crippen LogP contribution in [-0.4, -0.2) is 20.0 Å². The SMILES string of the molecule is [Nb+5].[O-][Si]([O-])([O-])[O-].[Si+4]. The minimum atomic E-state index is -5.61. The van der Waals surface area contributed by atoms with Gasteiger partial charge in [0.25, 0.3) is 0 Å². The van der Waals surface area contributed by atoms with Gasteiger partial charge >= 0.3 is 33.3 Å². The molecule has 0 fully saturated rings. The second-order valence-electron chi connectivity index (χ2n) is 0.500. The van der Waals surface area contributed by atoms with Gasteiger partial charge in [-0.25, -0.2) is 0 Å². The van der Waals surface area contributed by atoms with E-state index in [-0.39, 0.29) is 33.3 Å². The van der Waals surface area contributed by atoms with Gasteiger partial charge in [-0.1, -0.05) is 0 Å². The van der Waals surface area contributed by atoms with Crippen LogP contribution in [0, 0.1) is 0 Å². The molecule has 0 aromatic carbocycles. The van der Waals surface area contributed by atoms with Crippen molar-refractivity contribution in [2.45, 2.75) is 0 Å². The molecular formula is NbO4Si2+5. The first kappa shape index (κ1) is 15.7. The van der Waals surface area contributed by atoms with Crippen molar-refractivity contribution in [3.05, 3.63) is 0 Å². The van der Waals surface area contributed by atoms with E-state index in [9.17, 15) is 0 Å². The normalized spacial score (nSPS) is 8.57. The standard InChI is InChI=1S/Nb.O4Si.Si/c;1-5(2,3)4;/q+5;-4;+4. The van der Waals surface area contributed by atoms with Crippen LogP contribution in [0.25, 0.3) is 0 Å². The molecule has 0 heterocycles. The van der Waals surface area contributed by atoms with Crippen LogP contribution in [0.1, 0.15) is 0 Å². The fraction of sp³-hybridized carbons (Fsp3) is 0. The Morgan fingerprint density at radius 2 is 0.857 bits per heavy atom. The summed E-state index contributed by atoms with van der Waals surface area (Å²) in [6.45, 7) is 0. The van der Waals surface area contributed by atoms with Gasteiger partial charge in [0.1, 0.15) is 0 Å². The second-order valence-corrected chi connectivity index (χ2v) is 1.50. The Labute approximate surface area is 61.8 Å². The van der Waals surface area contributed by atoms with Gasteiger partial charge in [-0.05, 0) is 0 Å². The minimum Gasteiger partial charge on any atom is -0.894 e. The monoisotopic (exact) mass is 213 g/mol. The van der Waals surface area contributed by atoms with E-state index in [0.717, 1.165) is 0 Å². The molecule has 0 saturated carbocycles. The number of hydrogen-bond acceptors (Lipinski definition) is 4. The van der Waals surface area contributed by atoms with Crippen LogP contribution in [0.3, 0.4) is 0 Å². The number of rotatable bonds is 0. The fourth-order valence-electron chi connectivity index (χ4n) is 0. The Morgan fingerprint density at radius 3 is 0.857 bits per heavy atom. The molecule has 0 rings (SSSR count). The third-order valence-corrected chi connectivity index (χ3v) is 0. The van der Waals surface area contributed by atoms with Gasteiger partial charge in [-0.3, -0.25) is 0 Å². The van der Waals surface area contributed by atoms with E-state index in [2.05, 4.69) is 0 Å². The first-order valence-electron chi connectivity index (χ1n) is 0.816. The number of hydrogen-bond donors (Lipinski definition) is 0. The summed E-state index contributed by atoms with van der Waals surface area (Å²) in [6.07, 6.45) is 0. The minimum absolute atomic E-state index is 0. The van der Waals surface area contributed by atoms with E-state index < -0.39 is 9.05 Å². The maximum Gasteiger partial charge on any atom is 5.00 e. The van der Waals surface area contributed by atoms with E-state index in [1.165, 1.54) is 0 Å². The van der Waals surface area contributed by atoms with Crippen LogP contribution in [0.4, 0.5) is 0 Å². The predicted octanol–water partition coefficient (Wildman–Crippen LogP) is -5.52. The Hall–Kier alpha value is 1.01. The second kappa shape index (κ2) is 5.16. The summed E-state index contributed by atoms with van der Waals surface area (Å²) in [5.41, 5.74) is 0. The molecule has 0 aliphatic carbocycles. The van der Waals surface area contributed by atoms with Crippen LogP contribution < -0.4 is 19.2 Å². The van der Waals surface area contributed by atoms with Crippen LogP contribution in [0.2, 0.25) is 0 Å². The third kappa shape index (κ3) is 171. The summed E-state index contributed by atoms with van der Waals surface area (Å²) in [5, 5.41) is 0. The first-order chi connectivity index (χ1) is 2.00. The van der Waals surface area contributed by atoms with Gasteiger partial charge in [0, 0.05) is 0 Å². The van der Waals surface area contributed by atoms with Crippen LogP contribution in [0.5, 0.6) is 0 Å². The van der Waals surface area contributed by atoms with Crippen molar-refractivity contribution in [3.8, 4) is 0 Å². The third-order valence-electron chi connectivity index (χ3n) is 0. The van der Waals surface area contributed by atoms with Crippen molar-refractivity contribution in [2.24, 2.45) is 0 Å². The van der Waals surface area contributed by atoms with E-state index in [0.29, 0.717) is 0 Å². The topological polar surface area (TPSA) is 92.2 Å². The smallest absolute Gasteiger partial charge is 0.894 e. The Morgan fingerprint density at radius 1 is 0.857 bits per heavy atom. The molecule has 0 aromatic heterocycles. The molecule has 7 heavy (non-hydrogen) atoms. The van der Waals surface area contributed by atoms with E-state index in [4.69, 9.17) is 19.2 Å². The largest absolute Gasteiger partial charge is 5.00 e. The van der Waals surface area contributed by atoms with Gasteiger partial charge < -0.3 is 28.2 Å². The van der Waals surface area contributed by atoms with E-state index in [1.54, 1.807) is 0 Å². The molecule has 4 nitrogen and oxygen atoms in total. The van der Waals surface area contributed by atoms with Crippen LogP contribution in [-0.2, 0) is 22.4 Å². The summed E-state index contributed by atoms with van der Waals surface area (Å²) in [5.74, 6) is 0. The molecule has 0 aliphatic rings. The zero-order chi connectivity index (χ0) is 4.50. The Balaban J connectivity index is -0.0000000800. The van der Waals surface area contributed by atoms with Crippen molar-refractivity contribution in [1.82, 2.24) is 0 Å². The summed E-state index contributed by atoms with van der Waals surface area (Å²) in [4.78, 5) is 34.3. The molecular weight excluding hydrogens is 213 g/mol. The Kier molecular flexibility index (Phi) is 11.6. The van der Waals surface area contributed by atoms with Gasteiger partial charge in [-0.2, -0.15) is 0 Å². The fourth-order valence-corrected chi connectivity index (χ4v) is 0. The van der Waals surface area contributed by atoms with Crippen molar-refractivity contribution < 1.29 is 41.6 Å². The van der Waals surface area contributed by atoms with Crippen molar-refractivity contribution in [3.63, 3.8) is 0 Å². The maximum absolute atomic E-state index is 8.58. The molecule has 0 aromatic rings. The molecule has 0 aliphatic heterocycles. The quantitative estimate of drug-likeness (QED) is 0.375. The summed E-state index contributed by atoms with van der Waals surface area (Å²) >= 11 is 0. The van der Waals surface area contributed by atoms with Gasteiger partial charge in [0.05, 0.1) is 0 Å². The molecule has 0 spiro atoms. The average Bonchev–Trinajstić information content (AvgIpc) is 0.722. The zero-order valence-electron chi connectivity index (χ0n) is 3.08. The summed E-state index contributed by atoms with van der Waals surface area (Å²) in [6, 6.07) is 0. The maximum atomic E-state index is 8.58. The van der Waals surface area contributed by atoms with Crippen molar-refractivity contribution >= 4 is 20.0 Å². The average molecular weight is 213 g/mol. The molecule has 0 radical (unpaired) electrons. The predicted molar refractivity (Wildman–Crippen MR) is 11.5 cm³/mol. The molecule has 0 unspecified atom stereocenters. The van der Waals surface area contributed by atoms with Gasteiger partial charge in [0.2, 0.25) is 0 Å². The molecule has 7 heteroatoms. The first-order valence-corrected chi connectivity index (χ1v) is 2.45. The Bertz CT molecular complexity index is 25.2. The van der Waals surface area contributed by atoms with Gasteiger partial charge in [0.15, 0.2) is 0 Å². The van der Waals surface area contributed by atoms with E-state index >= 15 is 0 Å². The van der Waals surface area contributed by atoms with Crippen LogP contribution in [0.15, 0.2) is 0 Å². The molecule has 0 saturated heterocycles. The van der Waals surface area contributed by atoms with Crippen LogP contribution >= 0.6 is 0 Å². The van der Waals surface area contributed by atoms with Crippen molar-refractivity contribution in [2.75, 3.05) is 0 Å². The molecule has 0 N–H and O–H groups in total. The zero-order valence-corrected chi connectivity index (χ0v) is 7.28. The molecule has 0 amide bonds. The van der Waals surface area contributed by atoms with Crippen molar-refractivity contribution in [1.29, 1.82) is 0 Å². The summed E-state index contributed by atoms with van der Waals surface area (Å²) < 4.78 is 0. The molecule has 0 bridgehead atoms. The molecule has 0 atom stereocenters. The molecule has 32 valence electrons. The van der Waals surface area contributed by atoms with E-state index in [1.807, 2.05) is 0 Å². The van der Waals surface area contributed by atoms with Gasteiger partial charge in [-0.15, -0.1) is 0 Å². The summed E-state index contributed by atoms with van der Waals surface area (Å²) in [7, 11) is -5.61.